The number of rotatable bonds is 5. The molecular formula is C13H16N4O3. The third kappa shape index (κ3) is 2.87. The second-order valence-electron chi connectivity index (χ2n) is 4.56. The Labute approximate surface area is 116 Å². The number of aromatic nitrogens is 3. The third-order valence-electron chi connectivity index (χ3n) is 2.73. The van der Waals surface area contributed by atoms with Crippen molar-refractivity contribution in [3.8, 4) is 5.75 Å². The van der Waals surface area contributed by atoms with Crippen LogP contribution in [0.15, 0.2) is 24.5 Å². The third-order valence-corrected chi connectivity index (χ3v) is 2.73. The summed E-state index contributed by atoms with van der Waals surface area (Å²) < 4.78 is 7.25. The summed E-state index contributed by atoms with van der Waals surface area (Å²) in [6.45, 7) is 4.09. The van der Waals surface area contributed by atoms with E-state index in [0.29, 0.717) is 11.5 Å². The fourth-order valence-electron chi connectivity index (χ4n) is 1.79. The standard InChI is InChI=1S/C13H16N4O3/c1-8(2)17-12(15-7-16-17)6-20-11-4-3-9(14)5-10(11)13(18)19/h3-5,7-8H,6,14H2,1-2H3,(H,18,19). The van der Waals surface area contributed by atoms with E-state index in [1.54, 1.807) is 10.7 Å². The predicted octanol–water partition coefficient (Wildman–Crippen LogP) is 1.72. The van der Waals surface area contributed by atoms with Crippen LogP contribution in [0.1, 0.15) is 36.1 Å². The second kappa shape index (κ2) is 5.60. The Morgan fingerprint density at radius 3 is 2.90 bits per heavy atom. The van der Waals surface area contributed by atoms with Gasteiger partial charge in [0.2, 0.25) is 0 Å². The van der Waals surface area contributed by atoms with Gasteiger partial charge in [0.1, 0.15) is 24.2 Å². The molecule has 0 atom stereocenters. The van der Waals surface area contributed by atoms with Gasteiger partial charge in [-0.15, -0.1) is 0 Å². The second-order valence-corrected chi connectivity index (χ2v) is 4.56. The normalized spacial score (nSPS) is 10.8. The van der Waals surface area contributed by atoms with Crippen molar-refractivity contribution >= 4 is 11.7 Å². The Morgan fingerprint density at radius 2 is 2.25 bits per heavy atom. The highest BCUT2D eigenvalue weighted by Gasteiger charge is 2.14. The molecule has 2 aromatic rings. The number of nitrogens with two attached hydrogens (primary N) is 1. The Hall–Kier alpha value is -2.57. The number of nitrogens with zero attached hydrogens (tertiary/aromatic N) is 3. The van der Waals surface area contributed by atoms with Crippen molar-refractivity contribution in [3.63, 3.8) is 0 Å². The SMILES string of the molecule is CC(C)n1ncnc1COc1ccc(N)cc1C(=O)O. The smallest absolute Gasteiger partial charge is 0.339 e. The topological polar surface area (TPSA) is 103 Å². The number of aromatic carboxylic acids is 1. The molecule has 0 fully saturated rings. The minimum Gasteiger partial charge on any atom is -0.485 e. The lowest BCUT2D eigenvalue weighted by Crippen LogP contribution is -2.12. The van der Waals surface area contributed by atoms with Gasteiger partial charge in [0.25, 0.3) is 0 Å². The van der Waals surface area contributed by atoms with Gasteiger partial charge in [-0.1, -0.05) is 0 Å². The highest BCUT2D eigenvalue weighted by molar-refractivity contribution is 5.92. The molecule has 3 N–H and O–H groups in total. The first-order chi connectivity index (χ1) is 9.49. The lowest BCUT2D eigenvalue weighted by atomic mass is 10.2. The number of ether oxygens (including phenoxy) is 1. The van der Waals surface area contributed by atoms with Crippen LogP contribution in [-0.2, 0) is 6.61 Å². The van der Waals surface area contributed by atoms with E-state index in [1.165, 1.54) is 18.5 Å². The van der Waals surface area contributed by atoms with Crippen LogP contribution in [-0.4, -0.2) is 25.8 Å². The summed E-state index contributed by atoms with van der Waals surface area (Å²) in [7, 11) is 0. The maximum Gasteiger partial charge on any atom is 0.339 e. The minimum atomic E-state index is -1.09. The summed E-state index contributed by atoms with van der Waals surface area (Å²) in [6.07, 6.45) is 1.44. The molecule has 0 amide bonds. The molecule has 0 spiro atoms. The van der Waals surface area contributed by atoms with Crippen LogP contribution in [0.25, 0.3) is 0 Å². The molecule has 7 nitrogen and oxygen atoms in total. The van der Waals surface area contributed by atoms with Crippen molar-refractivity contribution in [2.45, 2.75) is 26.5 Å². The molecule has 1 heterocycles. The molecule has 1 aromatic carbocycles. The molecule has 0 saturated heterocycles. The first-order valence-corrected chi connectivity index (χ1v) is 6.13. The summed E-state index contributed by atoms with van der Waals surface area (Å²) >= 11 is 0. The minimum absolute atomic E-state index is 0.0283. The van der Waals surface area contributed by atoms with Crippen molar-refractivity contribution in [3.05, 3.63) is 35.9 Å². The van der Waals surface area contributed by atoms with Crippen LogP contribution in [0.3, 0.4) is 0 Å². The van der Waals surface area contributed by atoms with Crippen LogP contribution < -0.4 is 10.5 Å². The van der Waals surface area contributed by atoms with E-state index in [2.05, 4.69) is 10.1 Å². The molecule has 2 rings (SSSR count). The zero-order valence-electron chi connectivity index (χ0n) is 11.3. The van der Waals surface area contributed by atoms with E-state index < -0.39 is 5.97 Å². The van der Waals surface area contributed by atoms with E-state index in [-0.39, 0.29) is 24.0 Å². The number of benzene rings is 1. The molecule has 20 heavy (non-hydrogen) atoms. The molecule has 0 aliphatic carbocycles. The van der Waals surface area contributed by atoms with E-state index in [0.717, 1.165) is 0 Å². The lowest BCUT2D eigenvalue weighted by Gasteiger charge is -2.12. The van der Waals surface area contributed by atoms with E-state index in [1.807, 2.05) is 13.8 Å². The molecule has 0 radical (unpaired) electrons. The maximum absolute atomic E-state index is 11.1. The number of carbonyl (C=O) groups is 1. The van der Waals surface area contributed by atoms with Gasteiger partial charge in [-0.2, -0.15) is 5.10 Å². The average Bonchev–Trinajstić information content (AvgIpc) is 2.85. The Kier molecular flexibility index (Phi) is 3.88. The number of carboxylic acid groups (broad SMARTS) is 1. The molecule has 7 heteroatoms. The Balaban J connectivity index is 2.19. The molecule has 0 aliphatic heterocycles. The molecule has 0 saturated carbocycles. The number of hydrogen-bond acceptors (Lipinski definition) is 5. The summed E-state index contributed by atoms with van der Waals surface area (Å²) in [4.78, 5) is 15.2. The van der Waals surface area contributed by atoms with Gasteiger partial charge < -0.3 is 15.6 Å². The molecular weight excluding hydrogens is 260 g/mol. The monoisotopic (exact) mass is 276 g/mol. The molecule has 0 unspecified atom stereocenters. The van der Waals surface area contributed by atoms with Crippen LogP contribution in [0, 0.1) is 0 Å². The Morgan fingerprint density at radius 1 is 1.50 bits per heavy atom. The number of nitrogen functional groups attached to an aromatic ring is 1. The average molecular weight is 276 g/mol. The summed E-state index contributed by atoms with van der Waals surface area (Å²) in [5, 5.41) is 13.2. The highest BCUT2D eigenvalue weighted by Crippen LogP contribution is 2.22. The fourth-order valence-corrected chi connectivity index (χ4v) is 1.79. The fraction of sp³-hybridized carbons (Fsp3) is 0.308. The van der Waals surface area contributed by atoms with Crippen molar-refractivity contribution < 1.29 is 14.6 Å². The van der Waals surface area contributed by atoms with Crippen molar-refractivity contribution in [2.24, 2.45) is 0 Å². The van der Waals surface area contributed by atoms with E-state index >= 15 is 0 Å². The quantitative estimate of drug-likeness (QED) is 0.806. The van der Waals surface area contributed by atoms with E-state index in [4.69, 9.17) is 15.6 Å². The van der Waals surface area contributed by atoms with Crippen LogP contribution in [0.2, 0.25) is 0 Å². The summed E-state index contributed by atoms with van der Waals surface area (Å²) in [6, 6.07) is 4.65. The van der Waals surface area contributed by atoms with Crippen molar-refractivity contribution in [1.29, 1.82) is 0 Å². The molecule has 0 bridgehead atoms. The first kappa shape index (κ1) is 13.9. The Bertz CT molecular complexity index is 622. The van der Waals surface area contributed by atoms with Gasteiger partial charge in [-0.3, -0.25) is 0 Å². The van der Waals surface area contributed by atoms with Gasteiger partial charge >= 0.3 is 5.97 Å². The van der Waals surface area contributed by atoms with Crippen molar-refractivity contribution in [1.82, 2.24) is 14.8 Å². The summed E-state index contributed by atoms with van der Waals surface area (Å²) in [5.74, 6) is -0.198. The van der Waals surface area contributed by atoms with Gasteiger partial charge in [0.15, 0.2) is 5.82 Å². The van der Waals surface area contributed by atoms with Crippen LogP contribution in [0.5, 0.6) is 5.75 Å². The molecule has 1 aromatic heterocycles. The maximum atomic E-state index is 11.1. The van der Waals surface area contributed by atoms with Gasteiger partial charge in [-0.25, -0.2) is 14.5 Å². The highest BCUT2D eigenvalue weighted by atomic mass is 16.5. The predicted molar refractivity (Wildman–Crippen MR) is 72.6 cm³/mol. The molecule has 106 valence electrons. The number of carboxylic acids is 1. The van der Waals surface area contributed by atoms with Gasteiger partial charge in [0, 0.05) is 11.7 Å². The van der Waals surface area contributed by atoms with Gasteiger partial charge in [-0.05, 0) is 32.0 Å². The zero-order chi connectivity index (χ0) is 14.7. The van der Waals surface area contributed by atoms with Crippen LogP contribution >= 0.6 is 0 Å². The lowest BCUT2D eigenvalue weighted by molar-refractivity contribution is 0.0691. The number of hydrogen-bond donors (Lipinski definition) is 2. The number of anilines is 1. The summed E-state index contributed by atoms with van der Waals surface area (Å²) in [5.41, 5.74) is 5.98. The van der Waals surface area contributed by atoms with E-state index in [9.17, 15) is 4.79 Å². The largest absolute Gasteiger partial charge is 0.485 e. The first-order valence-electron chi connectivity index (χ1n) is 6.13. The zero-order valence-corrected chi connectivity index (χ0v) is 11.3. The molecule has 0 aliphatic rings. The van der Waals surface area contributed by atoms with Gasteiger partial charge in [0.05, 0.1) is 0 Å². The van der Waals surface area contributed by atoms with Crippen molar-refractivity contribution in [2.75, 3.05) is 5.73 Å². The van der Waals surface area contributed by atoms with Crippen LogP contribution in [0.4, 0.5) is 5.69 Å².